The fourth-order valence-corrected chi connectivity index (χ4v) is 4.51. The minimum atomic E-state index is -0.709. The molecule has 1 aliphatic rings. The average molecular weight is 494 g/mol. The van der Waals surface area contributed by atoms with Crippen molar-refractivity contribution in [1.82, 2.24) is 4.90 Å². The van der Waals surface area contributed by atoms with Crippen molar-refractivity contribution in [2.45, 2.75) is 65.3 Å². The largest absolute Gasteiger partial charge is 0.507 e. The molecule has 2 aromatic rings. The van der Waals surface area contributed by atoms with E-state index in [1.54, 1.807) is 13.2 Å². The van der Waals surface area contributed by atoms with Gasteiger partial charge in [-0.25, -0.2) is 0 Å². The zero-order valence-electron chi connectivity index (χ0n) is 22.8. The number of amides is 1. The minimum Gasteiger partial charge on any atom is -0.507 e. The number of aliphatic hydroxyl groups excluding tert-OH is 1. The summed E-state index contributed by atoms with van der Waals surface area (Å²) >= 11 is 0. The highest BCUT2D eigenvalue weighted by Crippen LogP contribution is 2.41. The zero-order valence-corrected chi connectivity index (χ0v) is 22.8. The Morgan fingerprint density at radius 1 is 0.972 bits per heavy atom. The Kier molecular flexibility index (Phi) is 7.99. The van der Waals surface area contributed by atoms with Crippen LogP contribution >= 0.6 is 0 Å². The highest BCUT2D eigenvalue weighted by molar-refractivity contribution is 6.46. The Hall–Kier alpha value is -3.12. The van der Waals surface area contributed by atoms with Crippen molar-refractivity contribution >= 4 is 17.4 Å². The molecule has 0 aromatic heterocycles. The monoisotopic (exact) mass is 493 g/mol. The van der Waals surface area contributed by atoms with E-state index in [1.807, 2.05) is 43.3 Å². The number of ketones is 1. The number of nitrogens with zero attached hydrogens (tertiary/aromatic N) is 1. The molecule has 0 aliphatic carbocycles. The van der Waals surface area contributed by atoms with Gasteiger partial charge in [-0.1, -0.05) is 65.8 Å². The number of benzene rings is 2. The molecule has 1 N–H and O–H groups in total. The molecule has 0 saturated carbocycles. The van der Waals surface area contributed by atoms with Crippen LogP contribution in [0.2, 0.25) is 0 Å². The molecule has 1 atom stereocenters. The van der Waals surface area contributed by atoms with Crippen LogP contribution in [0, 0.1) is 0 Å². The fraction of sp³-hybridized carbons (Fsp3) is 0.467. The molecule has 0 radical (unpaired) electrons. The van der Waals surface area contributed by atoms with Crippen LogP contribution < -0.4 is 4.74 Å². The van der Waals surface area contributed by atoms with Crippen LogP contribution in [0.3, 0.4) is 0 Å². The van der Waals surface area contributed by atoms with Crippen molar-refractivity contribution in [3.05, 3.63) is 70.3 Å². The van der Waals surface area contributed by atoms with E-state index in [2.05, 4.69) is 41.5 Å². The standard InChI is InChI=1S/C30H39NO5/c1-9-36-23-15-12-20(18-22(23)30(5,6)7)26(32)24-25(31(16-17-35-8)28(34)27(24)33)19-10-13-21(14-11-19)29(2,3)4/h10-15,18,25,32H,9,16-17H2,1-8H3/b26-24-. The predicted molar refractivity (Wildman–Crippen MR) is 142 cm³/mol. The Morgan fingerprint density at radius 3 is 2.14 bits per heavy atom. The first-order valence-corrected chi connectivity index (χ1v) is 12.5. The number of aliphatic hydroxyl groups is 1. The summed E-state index contributed by atoms with van der Waals surface area (Å²) in [6.45, 7) is 15.5. The molecule has 0 bridgehead atoms. The van der Waals surface area contributed by atoms with E-state index < -0.39 is 17.7 Å². The van der Waals surface area contributed by atoms with Gasteiger partial charge in [0, 0.05) is 24.8 Å². The molecular weight excluding hydrogens is 454 g/mol. The van der Waals surface area contributed by atoms with Gasteiger partial charge in [0.05, 0.1) is 24.8 Å². The van der Waals surface area contributed by atoms with Crippen LogP contribution in [0.4, 0.5) is 0 Å². The summed E-state index contributed by atoms with van der Waals surface area (Å²) in [5, 5.41) is 11.5. The Morgan fingerprint density at radius 2 is 1.61 bits per heavy atom. The molecule has 36 heavy (non-hydrogen) atoms. The second kappa shape index (κ2) is 10.5. The van der Waals surface area contributed by atoms with Crippen molar-refractivity contribution in [3.63, 3.8) is 0 Å². The lowest BCUT2D eigenvalue weighted by molar-refractivity contribution is -0.140. The molecule has 1 amide bonds. The Bertz CT molecular complexity index is 1150. The first-order chi connectivity index (χ1) is 16.8. The summed E-state index contributed by atoms with van der Waals surface area (Å²) in [5.74, 6) is -0.789. The predicted octanol–water partition coefficient (Wildman–Crippen LogP) is 5.75. The van der Waals surface area contributed by atoms with Gasteiger partial charge in [0.25, 0.3) is 11.7 Å². The van der Waals surface area contributed by atoms with Gasteiger partial charge in [0.15, 0.2) is 0 Å². The number of rotatable bonds is 7. The lowest BCUT2D eigenvalue weighted by Gasteiger charge is -2.27. The van der Waals surface area contributed by atoms with E-state index in [0.717, 1.165) is 22.4 Å². The topological polar surface area (TPSA) is 76.1 Å². The van der Waals surface area contributed by atoms with Crippen LogP contribution in [-0.4, -0.2) is 48.6 Å². The number of hydrogen-bond donors (Lipinski definition) is 1. The molecule has 0 spiro atoms. The number of likely N-dealkylation sites (tertiary alicyclic amines) is 1. The highest BCUT2D eigenvalue weighted by Gasteiger charge is 2.46. The van der Waals surface area contributed by atoms with Gasteiger partial charge in [0.2, 0.25) is 0 Å². The van der Waals surface area contributed by atoms with E-state index in [9.17, 15) is 14.7 Å². The van der Waals surface area contributed by atoms with E-state index in [-0.39, 0.29) is 35.3 Å². The molecule has 6 heteroatoms. The number of hydrogen-bond acceptors (Lipinski definition) is 5. The number of carbonyl (C=O) groups excluding carboxylic acids is 2. The Labute approximate surface area is 214 Å². The molecule has 1 aliphatic heterocycles. The van der Waals surface area contributed by atoms with Crippen molar-refractivity contribution in [2.75, 3.05) is 26.9 Å². The first-order valence-electron chi connectivity index (χ1n) is 12.5. The second-order valence-electron chi connectivity index (χ2n) is 11.3. The molecular formula is C30H39NO5. The van der Waals surface area contributed by atoms with Gasteiger partial charge in [-0.3, -0.25) is 9.59 Å². The maximum atomic E-state index is 13.3. The Balaban J connectivity index is 2.19. The zero-order chi connectivity index (χ0) is 26.8. The SMILES string of the molecule is CCOc1ccc(/C(O)=C2/C(=O)C(=O)N(CCOC)C2c2ccc(C(C)(C)C)cc2)cc1C(C)(C)C. The summed E-state index contributed by atoms with van der Waals surface area (Å²) in [6.07, 6.45) is 0. The maximum absolute atomic E-state index is 13.3. The highest BCUT2D eigenvalue weighted by atomic mass is 16.5. The van der Waals surface area contributed by atoms with Crippen molar-refractivity contribution in [3.8, 4) is 5.75 Å². The van der Waals surface area contributed by atoms with Crippen LogP contribution in [-0.2, 0) is 25.2 Å². The third kappa shape index (κ3) is 5.49. The van der Waals surface area contributed by atoms with Crippen LogP contribution in [0.1, 0.15) is 76.8 Å². The third-order valence-electron chi connectivity index (χ3n) is 6.53. The minimum absolute atomic E-state index is 0.0396. The summed E-state index contributed by atoms with van der Waals surface area (Å²) < 4.78 is 11.0. The fourth-order valence-electron chi connectivity index (χ4n) is 4.51. The number of ether oxygens (including phenoxy) is 2. The summed E-state index contributed by atoms with van der Waals surface area (Å²) in [6, 6.07) is 12.6. The molecule has 2 aromatic carbocycles. The summed E-state index contributed by atoms with van der Waals surface area (Å²) in [4.78, 5) is 27.9. The first kappa shape index (κ1) is 27.5. The van der Waals surface area contributed by atoms with E-state index in [0.29, 0.717) is 12.2 Å². The number of carbonyl (C=O) groups is 2. The summed E-state index contributed by atoms with van der Waals surface area (Å²) in [7, 11) is 1.55. The van der Waals surface area contributed by atoms with Crippen LogP contribution in [0.25, 0.3) is 5.76 Å². The van der Waals surface area contributed by atoms with Gasteiger partial charge in [-0.2, -0.15) is 0 Å². The lowest BCUT2D eigenvalue weighted by Crippen LogP contribution is -2.32. The number of Topliss-reactive ketones (excluding diaryl/α,β-unsaturated/α-hetero) is 1. The molecule has 1 fully saturated rings. The second-order valence-corrected chi connectivity index (χ2v) is 11.3. The van der Waals surface area contributed by atoms with Crippen molar-refractivity contribution in [1.29, 1.82) is 0 Å². The lowest BCUT2D eigenvalue weighted by atomic mass is 9.84. The molecule has 1 unspecified atom stereocenters. The molecule has 3 rings (SSSR count). The van der Waals surface area contributed by atoms with Crippen molar-refractivity contribution in [2.24, 2.45) is 0 Å². The molecule has 6 nitrogen and oxygen atoms in total. The van der Waals surface area contributed by atoms with Gasteiger partial charge < -0.3 is 19.5 Å². The van der Waals surface area contributed by atoms with E-state index in [1.165, 1.54) is 4.90 Å². The normalized spacial score (nSPS) is 18.1. The molecule has 194 valence electrons. The van der Waals surface area contributed by atoms with Gasteiger partial charge in [-0.15, -0.1) is 0 Å². The van der Waals surface area contributed by atoms with E-state index in [4.69, 9.17) is 9.47 Å². The molecule has 1 heterocycles. The van der Waals surface area contributed by atoms with E-state index >= 15 is 0 Å². The van der Waals surface area contributed by atoms with Crippen molar-refractivity contribution < 1.29 is 24.2 Å². The smallest absolute Gasteiger partial charge is 0.295 e. The quantitative estimate of drug-likeness (QED) is 0.302. The van der Waals surface area contributed by atoms with Gasteiger partial charge >= 0.3 is 0 Å². The summed E-state index contributed by atoms with van der Waals surface area (Å²) in [5.41, 5.74) is 3.08. The average Bonchev–Trinajstić information content (AvgIpc) is 3.06. The molecule has 1 saturated heterocycles. The number of methoxy groups -OCH3 is 1. The van der Waals surface area contributed by atoms with Gasteiger partial charge in [0.1, 0.15) is 11.5 Å². The van der Waals surface area contributed by atoms with Crippen LogP contribution in [0.15, 0.2) is 48.0 Å². The third-order valence-corrected chi connectivity index (χ3v) is 6.53. The van der Waals surface area contributed by atoms with Gasteiger partial charge in [-0.05, 0) is 47.1 Å². The van der Waals surface area contributed by atoms with Crippen LogP contribution in [0.5, 0.6) is 5.75 Å². The maximum Gasteiger partial charge on any atom is 0.295 e.